The highest BCUT2D eigenvalue weighted by Crippen LogP contribution is 2.49. The zero-order valence-corrected chi connectivity index (χ0v) is 22.8. The average Bonchev–Trinajstić information content (AvgIpc) is 3.67. The normalized spacial score (nSPS) is 20.0. The Labute approximate surface area is 236 Å². The minimum absolute atomic E-state index is 0.0341. The maximum absolute atomic E-state index is 14.7. The molecule has 3 aromatic carbocycles. The van der Waals surface area contributed by atoms with Gasteiger partial charge in [0.2, 0.25) is 5.91 Å². The topological polar surface area (TPSA) is 75.4 Å². The van der Waals surface area contributed by atoms with E-state index in [4.69, 9.17) is 16.7 Å². The number of hydrogen-bond acceptors (Lipinski definition) is 3. The number of carboxylic acids is 1. The summed E-state index contributed by atoms with van der Waals surface area (Å²) in [5.41, 5.74) is 4.49. The van der Waals surface area contributed by atoms with Crippen LogP contribution in [-0.4, -0.2) is 26.8 Å². The van der Waals surface area contributed by atoms with Crippen molar-refractivity contribution in [3.05, 3.63) is 88.8 Å². The molecule has 2 aliphatic carbocycles. The Bertz CT molecular complexity index is 1660. The van der Waals surface area contributed by atoms with Gasteiger partial charge in [0.15, 0.2) is 0 Å². The Hall–Kier alpha value is -3.97. The van der Waals surface area contributed by atoms with Crippen molar-refractivity contribution in [3.8, 4) is 11.1 Å². The van der Waals surface area contributed by atoms with E-state index in [0.717, 1.165) is 59.4 Å². The summed E-state index contributed by atoms with van der Waals surface area (Å²) in [5.74, 6) is -0.893. The fraction of sp³-hybridized carbons (Fsp3) is 0.281. The van der Waals surface area contributed by atoms with E-state index in [0.29, 0.717) is 28.1 Å². The Morgan fingerprint density at radius 3 is 2.62 bits per heavy atom. The van der Waals surface area contributed by atoms with Crippen LogP contribution >= 0.6 is 11.6 Å². The standard InChI is InChI=1S/C32H29ClFN3O3/c1-36-30-8-7-21(14-25(30)17-35-36)22-5-6-24(29(33)15-22)18-37(32(40)28-13-19-2-4-23(28)10-19)27-12-20(3-9-31(38)39)11-26(34)16-27/h3,5-9,11-12,14-17,19,23,28H,2,4,10,13,18H2,1H3,(H,38,39)/t19-,23+,28-/m1/s1. The van der Waals surface area contributed by atoms with E-state index in [1.165, 1.54) is 18.2 Å². The van der Waals surface area contributed by atoms with Crippen molar-refractivity contribution in [2.24, 2.45) is 24.8 Å². The molecule has 3 atom stereocenters. The largest absolute Gasteiger partial charge is 0.478 e. The van der Waals surface area contributed by atoms with Crippen molar-refractivity contribution in [1.29, 1.82) is 0 Å². The summed E-state index contributed by atoms with van der Waals surface area (Å²) >= 11 is 6.80. The molecule has 0 saturated heterocycles. The van der Waals surface area contributed by atoms with Gasteiger partial charge < -0.3 is 10.0 Å². The molecule has 6 nitrogen and oxygen atoms in total. The van der Waals surface area contributed by atoms with E-state index in [2.05, 4.69) is 11.2 Å². The molecule has 0 spiro atoms. The first-order valence-electron chi connectivity index (χ1n) is 13.5. The molecule has 0 radical (unpaired) electrons. The molecular weight excluding hydrogens is 529 g/mol. The number of hydrogen-bond donors (Lipinski definition) is 1. The number of fused-ring (bicyclic) bond motifs is 3. The number of amides is 1. The van der Waals surface area contributed by atoms with Crippen molar-refractivity contribution in [3.63, 3.8) is 0 Å². The zero-order valence-electron chi connectivity index (χ0n) is 22.1. The third kappa shape index (κ3) is 5.13. The molecule has 2 bridgehead atoms. The first-order valence-corrected chi connectivity index (χ1v) is 13.9. The minimum atomic E-state index is -1.13. The molecule has 0 aliphatic heterocycles. The van der Waals surface area contributed by atoms with Gasteiger partial charge in [0.05, 0.1) is 18.3 Å². The van der Waals surface area contributed by atoms with Gasteiger partial charge in [-0.15, -0.1) is 0 Å². The van der Waals surface area contributed by atoms with Crippen LogP contribution in [0.1, 0.15) is 36.8 Å². The fourth-order valence-electron chi connectivity index (χ4n) is 6.43. The van der Waals surface area contributed by atoms with Gasteiger partial charge in [0, 0.05) is 35.1 Å². The summed E-state index contributed by atoms with van der Waals surface area (Å²) < 4.78 is 16.5. The highest BCUT2D eigenvalue weighted by Gasteiger charge is 2.44. The smallest absolute Gasteiger partial charge is 0.328 e. The number of carboxylic acid groups (broad SMARTS) is 1. The maximum atomic E-state index is 14.7. The van der Waals surface area contributed by atoms with Crippen LogP contribution in [0.2, 0.25) is 5.02 Å². The summed E-state index contributed by atoms with van der Waals surface area (Å²) in [4.78, 5) is 26.7. The predicted molar refractivity (Wildman–Crippen MR) is 154 cm³/mol. The van der Waals surface area contributed by atoms with Gasteiger partial charge in [0.1, 0.15) is 5.82 Å². The molecule has 40 heavy (non-hydrogen) atoms. The van der Waals surface area contributed by atoms with E-state index in [-0.39, 0.29) is 18.4 Å². The average molecular weight is 558 g/mol. The number of benzene rings is 3. The number of aromatic nitrogens is 2. The SMILES string of the molecule is Cn1ncc2cc(-c3ccc(CN(C(=O)[C@@H]4C[C@@H]5CC[C@H]4C5)c4cc(F)cc(C=CC(=O)O)c4)c(Cl)c3)ccc21. The zero-order chi connectivity index (χ0) is 28.0. The number of aliphatic carboxylic acids is 1. The summed E-state index contributed by atoms with van der Waals surface area (Å²) in [6.07, 6.45) is 8.24. The molecule has 2 fully saturated rings. The number of rotatable bonds is 7. The molecule has 0 unspecified atom stereocenters. The highest BCUT2D eigenvalue weighted by atomic mass is 35.5. The van der Waals surface area contributed by atoms with Crippen molar-refractivity contribution in [2.45, 2.75) is 32.2 Å². The summed E-state index contributed by atoms with van der Waals surface area (Å²) in [7, 11) is 1.90. The van der Waals surface area contributed by atoms with Gasteiger partial charge in [0.25, 0.3) is 0 Å². The monoisotopic (exact) mass is 557 g/mol. The number of carbonyl (C=O) groups is 2. The van der Waals surface area contributed by atoms with E-state index >= 15 is 0 Å². The summed E-state index contributed by atoms with van der Waals surface area (Å²) in [5, 5.41) is 14.9. The van der Waals surface area contributed by atoms with Crippen LogP contribution in [0.5, 0.6) is 0 Å². The third-order valence-corrected chi connectivity index (χ3v) is 8.77. The van der Waals surface area contributed by atoms with Crippen molar-refractivity contribution < 1.29 is 19.1 Å². The Kier molecular flexibility index (Phi) is 6.92. The second-order valence-electron chi connectivity index (χ2n) is 11.0. The minimum Gasteiger partial charge on any atom is -0.478 e. The van der Waals surface area contributed by atoms with Crippen LogP contribution in [0.3, 0.4) is 0 Å². The van der Waals surface area contributed by atoms with Crippen LogP contribution in [0.25, 0.3) is 28.1 Å². The van der Waals surface area contributed by atoms with Crippen LogP contribution in [0.15, 0.2) is 66.9 Å². The van der Waals surface area contributed by atoms with Gasteiger partial charge in [-0.05, 0) is 95.8 Å². The third-order valence-electron chi connectivity index (χ3n) is 8.42. The van der Waals surface area contributed by atoms with Gasteiger partial charge in [-0.1, -0.05) is 36.2 Å². The first kappa shape index (κ1) is 26.3. The molecule has 8 heteroatoms. The van der Waals surface area contributed by atoms with Gasteiger partial charge in [-0.2, -0.15) is 5.10 Å². The molecule has 1 amide bonds. The van der Waals surface area contributed by atoms with E-state index < -0.39 is 11.8 Å². The van der Waals surface area contributed by atoms with Crippen molar-refractivity contribution in [1.82, 2.24) is 9.78 Å². The number of aryl methyl sites for hydroxylation is 1. The van der Waals surface area contributed by atoms with Gasteiger partial charge in [-0.3, -0.25) is 9.48 Å². The van der Waals surface area contributed by atoms with E-state index in [9.17, 15) is 14.0 Å². The summed E-state index contributed by atoms with van der Waals surface area (Å²) in [6, 6.07) is 16.1. The molecule has 204 valence electrons. The molecule has 1 aromatic heterocycles. The molecule has 1 heterocycles. The quantitative estimate of drug-likeness (QED) is 0.246. The van der Waals surface area contributed by atoms with Crippen LogP contribution in [0.4, 0.5) is 10.1 Å². The second-order valence-corrected chi connectivity index (χ2v) is 11.4. The molecule has 4 aromatic rings. The lowest BCUT2D eigenvalue weighted by molar-refractivity contribution is -0.131. The summed E-state index contributed by atoms with van der Waals surface area (Å²) in [6.45, 7) is 0.180. The molecule has 1 N–H and O–H groups in total. The lowest BCUT2D eigenvalue weighted by Crippen LogP contribution is -2.38. The van der Waals surface area contributed by atoms with Crippen molar-refractivity contribution in [2.75, 3.05) is 4.90 Å². The second kappa shape index (κ2) is 10.5. The van der Waals surface area contributed by atoms with Crippen LogP contribution in [-0.2, 0) is 23.2 Å². The van der Waals surface area contributed by atoms with Gasteiger partial charge >= 0.3 is 5.97 Å². The number of carbonyl (C=O) groups excluding carboxylic acids is 1. The Morgan fingerprint density at radius 1 is 1.10 bits per heavy atom. The number of anilines is 1. The number of nitrogens with zero attached hydrogens (tertiary/aromatic N) is 3. The highest BCUT2D eigenvalue weighted by molar-refractivity contribution is 6.31. The Balaban J connectivity index is 1.34. The molecular formula is C32H29ClFN3O3. The molecule has 6 rings (SSSR count). The van der Waals surface area contributed by atoms with Gasteiger partial charge in [-0.25, -0.2) is 9.18 Å². The molecule has 2 saturated carbocycles. The molecule has 2 aliphatic rings. The van der Waals surface area contributed by atoms with Crippen LogP contribution in [0, 0.1) is 23.6 Å². The van der Waals surface area contributed by atoms with Crippen molar-refractivity contribution >= 4 is 46.1 Å². The lowest BCUT2D eigenvalue weighted by Gasteiger charge is -2.30. The fourth-order valence-corrected chi connectivity index (χ4v) is 6.67. The van der Waals surface area contributed by atoms with E-state index in [1.807, 2.05) is 48.3 Å². The van der Waals surface area contributed by atoms with E-state index in [1.54, 1.807) is 11.0 Å². The Morgan fingerprint density at radius 2 is 1.90 bits per heavy atom. The number of halogens is 2. The maximum Gasteiger partial charge on any atom is 0.328 e. The lowest BCUT2D eigenvalue weighted by atomic mass is 9.87. The first-order chi connectivity index (χ1) is 19.2. The predicted octanol–water partition coefficient (Wildman–Crippen LogP) is 7.10. The van der Waals surface area contributed by atoms with Crippen LogP contribution < -0.4 is 4.90 Å².